The first-order valence-corrected chi connectivity index (χ1v) is 5.80. The lowest BCUT2D eigenvalue weighted by atomic mass is 10.0. The number of hydrogen-bond donors (Lipinski definition) is 3. The van der Waals surface area contributed by atoms with Gasteiger partial charge in [-0.15, -0.1) is 0 Å². The number of primary amides is 1. The van der Waals surface area contributed by atoms with Gasteiger partial charge in [-0.25, -0.2) is 4.79 Å². The monoisotopic (exact) mass is 243 g/mol. The van der Waals surface area contributed by atoms with Crippen molar-refractivity contribution in [3.8, 4) is 0 Å². The van der Waals surface area contributed by atoms with E-state index in [0.29, 0.717) is 19.5 Å². The number of amides is 3. The fraction of sp³-hybridized carbons (Fsp3) is 0.818. The van der Waals surface area contributed by atoms with Crippen LogP contribution < -0.4 is 11.1 Å². The van der Waals surface area contributed by atoms with Gasteiger partial charge in [-0.05, 0) is 19.3 Å². The normalized spacial score (nSPS) is 26.1. The van der Waals surface area contributed by atoms with Crippen molar-refractivity contribution in [2.75, 3.05) is 13.1 Å². The van der Waals surface area contributed by atoms with E-state index in [1.165, 1.54) is 0 Å². The number of carbonyl (C=O) groups is 2. The number of nitrogens with two attached hydrogens (primary N) is 1. The third-order valence-electron chi connectivity index (χ3n) is 2.99. The minimum atomic E-state index is -0.829. The summed E-state index contributed by atoms with van der Waals surface area (Å²) in [6, 6.07) is -1.33. The summed E-state index contributed by atoms with van der Waals surface area (Å²) >= 11 is 0. The highest BCUT2D eigenvalue weighted by molar-refractivity contribution is 5.87. The Morgan fingerprint density at radius 1 is 1.47 bits per heavy atom. The Kier molecular flexibility index (Phi) is 3.98. The molecule has 0 saturated carbocycles. The largest absolute Gasteiger partial charge is 0.388 e. The molecule has 0 aromatic rings. The molecule has 2 unspecified atom stereocenters. The van der Waals surface area contributed by atoms with E-state index in [9.17, 15) is 14.7 Å². The molecule has 4 N–H and O–H groups in total. The average Bonchev–Trinajstić information content (AvgIpc) is 2.53. The van der Waals surface area contributed by atoms with E-state index in [-0.39, 0.29) is 11.8 Å². The predicted octanol–water partition coefficient (Wildman–Crippen LogP) is -0.337. The van der Waals surface area contributed by atoms with Gasteiger partial charge in [-0.3, -0.25) is 4.79 Å². The van der Waals surface area contributed by atoms with E-state index in [1.807, 2.05) is 13.8 Å². The third-order valence-corrected chi connectivity index (χ3v) is 2.99. The molecule has 0 spiro atoms. The number of rotatable bonds is 3. The second kappa shape index (κ2) is 4.91. The van der Waals surface area contributed by atoms with Gasteiger partial charge in [0, 0.05) is 13.1 Å². The average molecular weight is 243 g/mol. The number of carbonyl (C=O) groups excluding carboxylic acids is 2. The van der Waals surface area contributed by atoms with Crippen molar-refractivity contribution in [3.05, 3.63) is 0 Å². The minimum absolute atomic E-state index is 0.0412. The molecule has 0 aromatic heterocycles. The van der Waals surface area contributed by atoms with Gasteiger partial charge in [0.1, 0.15) is 6.04 Å². The summed E-state index contributed by atoms with van der Waals surface area (Å²) in [5.41, 5.74) is 4.22. The highest BCUT2D eigenvalue weighted by Gasteiger charge is 2.37. The molecule has 1 fully saturated rings. The molecule has 1 heterocycles. The Hall–Kier alpha value is -1.30. The minimum Gasteiger partial charge on any atom is -0.388 e. The lowest BCUT2D eigenvalue weighted by Crippen LogP contribution is -2.52. The van der Waals surface area contributed by atoms with E-state index < -0.39 is 17.7 Å². The van der Waals surface area contributed by atoms with Crippen molar-refractivity contribution >= 4 is 11.9 Å². The third kappa shape index (κ3) is 3.59. The number of likely N-dealkylation sites (tertiary alicyclic amines) is 1. The lowest BCUT2D eigenvalue weighted by molar-refractivity contribution is -0.134. The maximum atomic E-state index is 12.2. The van der Waals surface area contributed by atoms with Crippen LogP contribution in [0.5, 0.6) is 0 Å². The van der Waals surface area contributed by atoms with Crippen LogP contribution >= 0.6 is 0 Å². The molecular formula is C11H21N3O3. The summed E-state index contributed by atoms with van der Waals surface area (Å²) in [6.45, 7) is 6.19. The van der Waals surface area contributed by atoms with Gasteiger partial charge in [0.15, 0.2) is 0 Å². The van der Waals surface area contributed by atoms with Gasteiger partial charge in [-0.1, -0.05) is 13.8 Å². The second-order valence-corrected chi connectivity index (χ2v) is 5.24. The molecule has 0 radical (unpaired) electrons. The molecule has 6 nitrogen and oxygen atoms in total. The SMILES string of the molecule is CC(C)C(NC(N)=O)C(=O)N1CCC(C)(O)C1. The first kappa shape index (κ1) is 13.8. The van der Waals surface area contributed by atoms with Crippen LogP contribution in [0.25, 0.3) is 0 Å². The molecule has 3 amide bonds. The van der Waals surface area contributed by atoms with E-state index in [4.69, 9.17) is 5.73 Å². The standard InChI is InChI=1S/C11H21N3O3/c1-7(2)8(13-10(12)16)9(15)14-5-4-11(3,17)6-14/h7-8,17H,4-6H2,1-3H3,(H3,12,13,16). The zero-order valence-electron chi connectivity index (χ0n) is 10.6. The Morgan fingerprint density at radius 3 is 2.41 bits per heavy atom. The van der Waals surface area contributed by atoms with Gasteiger partial charge in [0.25, 0.3) is 0 Å². The topological polar surface area (TPSA) is 95.7 Å². The molecule has 2 atom stereocenters. The Balaban J connectivity index is 2.69. The molecule has 0 aliphatic carbocycles. The highest BCUT2D eigenvalue weighted by Crippen LogP contribution is 2.21. The zero-order chi connectivity index (χ0) is 13.2. The summed E-state index contributed by atoms with van der Waals surface area (Å²) in [4.78, 5) is 24.6. The van der Waals surface area contributed by atoms with E-state index in [2.05, 4.69) is 5.32 Å². The number of β-amino-alcohol motifs (C(OH)–C–C–N with tert-alkyl or cyclic N) is 1. The molecule has 6 heteroatoms. The van der Waals surface area contributed by atoms with Gasteiger partial charge in [0.2, 0.25) is 5.91 Å². The van der Waals surface area contributed by atoms with Gasteiger partial charge in [0.05, 0.1) is 5.60 Å². The Labute approximate surface area is 101 Å². The van der Waals surface area contributed by atoms with Crippen LogP contribution in [-0.2, 0) is 4.79 Å². The molecule has 0 aromatic carbocycles. The summed E-state index contributed by atoms with van der Waals surface area (Å²) in [5.74, 6) is -0.225. The van der Waals surface area contributed by atoms with Crippen LogP contribution in [0.1, 0.15) is 27.2 Å². The van der Waals surface area contributed by atoms with E-state index >= 15 is 0 Å². The lowest BCUT2D eigenvalue weighted by Gasteiger charge is -2.26. The van der Waals surface area contributed by atoms with Crippen LogP contribution in [0.2, 0.25) is 0 Å². The quantitative estimate of drug-likeness (QED) is 0.633. The molecule has 0 bridgehead atoms. The van der Waals surface area contributed by atoms with E-state index in [1.54, 1.807) is 11.8 Å². The molecule has 98 valence electrons. The fourth-order valence-electron chi connectivity index (χ4n) is 2.00. The smallest absolute Gasteiger partial charge is 0.312 e. The second-order valence-electron chi connectivity index (χ2n) is 5.24. The van der Waals surface area contributed by atoms with Crippen LogP contribution in [-0.4, -0.2) is 46.7 Å². The van der Waals surface area contributed by atoms with Crippen molar-refractivity contribution < 1.29 is 14.7 Å². The number of urea groups is 1. The van der Waals surface area contributed by atoms with Crippen molar-refractivity contribution in [3.63, 3.8) is 0 Å². The van der Waals surface area contributed by atoms with Gasteiger partial charge >= 0.3 is 6.03 Å². The fourth-order valence-corrected chi connectivity index (χ4v) is 2.00. The van der Waals surface area contributed by atoms with Crippen LogP contribution in [0.15, 0.2) is 0 Å². The predicted molar refractivity (Wildman–Crippen MR) is 63.2 cm³/mol. The Morgan fingerprint density at radius 2 is 2.06 bits per heavy atom. The molecular weight excluding hydrogens is 222 g/mol. The molecule has 1 saturated heterocycles. The Bertz CT molecular complexity index is 315. The van der Waals surface area contributed by atoms with Crippen LogP contribution in [0.3, 0.4) is 0 Å². The number of nitrogens with zero attached hydrogens (tertiary/aromatic N) is 1. The summed E-state index contributed by atoms with van der Waals surface area (Å²) in [5, 5.41) is 12.3. The first-order chi connectivity index (χ1) is 7.73. The zero-order valence-corrected chi connectivity index (χ0v) is 10.6. The molecule has 1 rings (SSSR count). The van der Waals surface area contributed by atoms with Gasteiger partial charge in [-0.2, -0.15) is 0 Å². The summed E-state index contributed by atoms with van der Waals surface area (Å²) in [7, 11) is 0. The molecule has 1 aliphatic heterocycles. The molecule has 17 heavy (non-hydrogen) atoms. The summed E-state index contributed by atoms with van der Waals surface area (Å²) < 4.78 is 0. The van der Waals surface area contributed by atoms with E-state index in [0.717, 1.165) is 0 Å². The number of aliphatic hydroxyl groups is 1. The number of nitrogens with one attached hydrogen (secondary N) is 1. The maximum Gasteiger partial charge on any atom is 0.312 e. The summed E-state index contributed by atoms with van der Waals surface area (Å²) in [6.07, 6.45) is 0.556. The highest BCUT2D eigenvalue weighted by atomic mass is 16.3. The van der Waals surface area contributed by atoms with Crippen LogP contribution in [0, 0.1) is 5.92 Å². The van der Waals surface area contributed by atoms with Crippen molar-refractivity contribution in [1.29, 1.82) is 0 Å². The van der Waals surface area contributed by atoms with Gasteiger partial charge < -0.3 is 21.1 Å². The maximum absolute atomic E-state index is 12.2. The van der Waals surface area contributed by atoms with Crippen molar-refractivity contribution in [1.82, 2.24) is 10.2 Å². The van der Waals surface area contributed by atoms with Crippen LogP contribution in [0.4, 0.5) is 4.79 Å². The number of hydrogen-bond acceptors (Lipinski definition) is 3. The first-order valence-electron chi connectivity index (χ1n) is 5.80. The van der Waals surface area contributed by atoms with Crippen molar-refractivity contribution in [2.24, 2.45) is 11.7 Å². The molecule has 1 aliphatic rings. The van der Waals surface area contributed by atoms with Crippen molar-refractivity contribution in [2.45, 2.75) is 38.8 Å².